The molecule has 16 N–H and O–H groups in total. The molecule has 16 nitrogen and oxygen atoms in total. The van der Waals surface area contributed by atoms with Crippen LogP contribution in [0.5, 0.6) is 0 Å². The quantitative estimate of drug-likeness (QED) is 0.113. The molecule has 17 atom stereocenters. The lowest BCUT2D eigenvalue weighted by Crippen LogP contribution is -2.67. The Hall–Kier alpha value is -0.640. The SMILES string of the molecule is CO[C@H]1[C@H](N)C[C@H](N)C([C@H]2O[C@H](CN)CC[C@H]2N)[C@@H]1O[C@@H]1O[C@H](CCO)[C@@H](O[C@H]2O[C@@H](CN)[C@@H](O)[C@H](O)[C@H]2N)[C@H]1O. The Balaban J connectivity index is 1.56. The predicted molar refractivity (Wildman–Crippen MR) is 144 cm³/mol. The monoisotopic (exact) mass is 594 g/mol. The molecule has 4 fully saturated rings. The van der Waals surface area contributed by atoms with Crippen molar-refractivity contribution in [3.05, 3.63) is 0 Å². The van der Waals surface area contributed by atoms with Gasteiger partial charge in [0.2, 0.25) is 0 Å². The van der Waals surface area contributed by atoms with Crippen molar-refractivity contribution in [3.63, 3.8) is 0 Å². The number of aliphatic hydroxyl groups is 4. The second-order valence-corrected chi connectivity index (χ2v) is 11.6. The maximum absolute atomic E-state index is 11.4. The molecular weight excluding hydrogens is 544 g/mol. The Morgan fingerprint density at radius 2 is 1.41 bits per heavy atom. The summed E-state index contributed by atoms with van der Waals surface area (Å²) in [6, 6.07) is -2.41. The van der Waals surface area contributed by atoms with E-state index in [4.69, 9.17) is 62.8 Å². The molecule has 0 aromatic heterocycles. The molecule has 0 amide bonds. The molecule has 3 aliphatic heterocycles. The summed E-state index contributed by atoms with van der Waals surface area (Å²) in [5.41, 5.74) is 37.2. The molecule has 1 saturated carbocycles. The Kier molecular flexibility index (Phi) is 11.7. The lowest BCUT2D eigenvalue weighted by Gasteiger charge is -2.50. The van der Waals surface area contributed by atoms with E-state index in [-0.39, 0.29) is 31.7 Å². The third-order valence-electron chi connectivity index (χ3n) is 8.94. The maximum Gasteiger partial charge on any atom is 0.187 e. The summed E-state index contributed by atoms with van der Waals surface area (Å²) in [5, 5.41) is 41.7. The molecule has 3 heterocycles. The van der Waals surface area contributed by atoms with Gasteiger partial charge in [0, 0.05) is 50.8 Å². The molecule has 0 aromatic carbocycles. The Morgan fingerprint density at radius 3 is 2.05 bits per heavy atom. The number of methoxy groups -OCH3 is 1. The van der Waals surface area contributed by atoms with E-state index in [9.17, 15) is 20.4 Å². The van der Waals surface area contributed by atoms with E-state index in [1.54, 1.807) is 0 Å². The van der Waals surface area contributed by atoms with Crippen LogP contribution >= 0.6 is 0 Å². The zero-order valence-electron chi connectivity index (χ0n) is 23.5. The molecule has 4 aliphatic rings. The van der Waals surface area contributed by atoms with Crippen molar-refractivity contribution in [2.24, 2.45) is 40.3 Å². The molecule has 0 radical (unpaired) electrons. The number of aliphatic hydroxyl groups excluding tert-OH is 4. The highest BCUT2D eigenvalue weighted by atomic mass is 16.7. The highest BCUT2D eigenvalue weighted by molar-refractivity contribution is 5.05. The molecular formula is C25H50N6O10. The fourth-order valence-electron chi connectivity index (χ4n) is 6.63. The van der Waals surface area contributed by atoms with E-state index in [2.05, 4.69) is 0 Å². The topological polar surface area (TPSA) is 292 Å². The highest BCUT2D eigenvalue weighted by Crippen LogP contribution is 2.39. The Labute approximate surface area is 239 Å². The Bertz CT molecular complexity index is 821. The number of ether oxygens (including phenoxy) is 6. The van der Waals surface area contributed by atoms with E-state index in [1.807, 2.05) is 0 Å². The zero-order valence-corrected chi connectivity index (χ0v) is 23.5. The first kappa shape index (κ1) is 33.3. The molecule has 0 bridgehead atoms. The third kappa shape index (κ3) is 6.88. The molecule has 0 spiro atoms. The lowest BCUT2D eigenvalue weighted by molar-refractivity contribution is -0.280. The number of nitrogens with two attached hydrogens (primary N) is 6. The minimum atomic E-state index is -1.38. The number of hydrogen-bond acceptors (Lipinski definition) is 16. The van der Waals surface area contributed by atoms with Gasteiger partial charge in [0.25, 0.3) is 0 Å². The molecule has 3 saturated heterocycles. The summed E-state index contributed by atoms with van der Waals surface area (Å²) in [4.78, 5) is 0. The van der Waals surface area contributed by atoms with E-state index in [1.165, 1.54) is 7.11 Å². The molecule has 1 unspecified atom stereocenters. The van der Waals surface area contributed by atoms with Gasteiger partial charge in [0.15, 0.2) is 12.6 Å². The summed E-state index contributed by atoms with van der Waals surface area (Å²) in [6.07, 6.45) is -9.57. The molecule has 1 aliphatic carbocycles. The van der Waals surface area contributed by atoms with Gasteiger partial charge in [0.1, 0.15) is 30.5 Å². The number of hydrogen-bond donors (Lipinski definition) is 10. The first-order chi connectivity index (χ1) is 19.6. The predicted octanol–water partition coefficient (Wildman–Crippen LogP) is -5.52. The molecule has 41 heavy (non-hydrogen) atoms. The molecule has 0 aromatic rings. The van der Waals surface area contributed by atoms with Crippen LogP contribution in [0.1, 0.15) is 25.7 Å². The van der Waals surface area contributed by atoms with Crippen LogP contribution in [0.2, 0.25) is 0 Å². The van der Waals surface area contributed by atoms with Gasteiger partial charge in [-0.1, -0.05) is 0 Å². The minimum absolute atomic E-state index is 0.0880. The smallest absolute Gasteiger partial charge is 0.187 e. The summed E-state index contributed by atoms with van der Waals surface area (Å²) in [7, 11) is 1.51. The fraction of sp³-hybridized carbons (Fsp3) is 1.00. The van der Waals surface area contributed by atoms with E-state index in [0.29, 0.717) is 19.4 Å². The van der Waals surface area contributed by atoms with Crippen LogP contribution in [0.25, 0.3) is 0 Å². The minimum Gasteiger partial charge on any atom is -0.396 e. The summed E-state index contributed by atoms with van der Waals surface area (Å²) < 4.78 is 36.3. The van der Waals surface area contributed by atoms with Crippen molar-refractivity contribution in [2.75, 3.05) is 26.8 Å². The van der Waals surface area contributed by atoms with Crippen LogP contribution in [-0.2, 0) is 28.4 Å². The largest absolute Gasteiger partial charge is 0.396 e. The Morgan fingerprint density at radius 1 is 0.732 bits per heavy atom. The van der Waals surface area contributed by atoms with Crippen molar-refractivity contribution >= 4 is 0 Å². The first-order valence-electron chi connectivity index (χ1n) is 14.4. The molecule has 16 heteroatoms. The van der Waals surface area contributed by atoms with Gasteiger partial charge in [-0.2, -0.15) is 0 Å². The fourth-order valence-corrected chi connectivity index (χ4v) is 6.63. The normalized spacial score (nSPS) is 51.1. The summed E-state index contributed by atoms with van der Waals surface area (Å²) in [5.74, 6) is -0.465. The van der Waals surface area contributed by atoms with Crippen LogP contribution in [0, 0.1) is 5.92 Å². The van der Waals surface area contributed by atoms with Crippen molar-refractivity contribution < 1.29 is 48.8 Å². The van der Waals surface area contributed by atoms with E-state index >= 15 is 0 Å². The van der Waals surface area contributed by atoms with Crippen LogP contribution in [-0.4, -0.2) is 145 Å². The maximum atomic E-state index is 11.4. The first-order valence-corrected chi connectivity index (χ1v) is 14.4. The van der Waals surface area contributed by atoms with E-state index in [0.717, 1.165) is 6.42 Å². The average molecular weight is 595 g/mol. The van der Waals surface area contributed by atoms with E-state index < -0.39 is 91.6 Å². The van der Waals surface area contributed by atoms with Crippen molar-refractivity contribution in [1.29, 1.82) is 0 Å². The van der Waals surface area contributed by atoms with Gasteiger partial charge in [-0.15, -0.1) is 0 Å². The highest BCUT2D eigenvalue weighted by Gasteiger charge is 2.55. The van der Waals surface area contributed by atoms with Crippen molar-refractivity contribution in [3.8, 4) is 0 Å². The van der Waals surface area contributed by atoms with Crippen LogP contribution in [0.4, 0.5) is 0 Å². The van der Waals surface area contributed by atoms with Gasteiger partial charge < -0.3 is 83.2 Å². The van der Waals surface area contributed by atoms with Crippen molar-refractivity contribution in [2.45, 2.75) is 123 Å². The van der Waals surface area contributed by atoms with Gasteiger partial charge in [-0.05, 0) is 25.7 Å². The molecule has 240 valence electrons. The number of rotatable bonds is 10. The summed E-state index contributed by atoms with van der Waals surface area (Å²) >= 11 is 0. The second-order valence-electron chi connectivity index (χ2n) is 11.6. The van der Waals surface area contributed by atoms with Gasteiger partial charge >= 0.3 is 0 Å². The van der Waals surface area contributed by atoms with Crippen LogP contribution in [0.3, 0.4) is 0 Å². The summed E-state index contributed by atoms with van der Waals surface area (Å²) in [6.45, 7) is -0.0426. The third-order valence-corrected chi connectivity index (χ3v) is 8.94. The lowest BCUT2D eigenvalue weighted by atomic mass is 9.72. The second kappa shape index (κ2) is 14.4. The van der Waals surface area contributed by atoms with Crippen LogP contribution in [0.15, 0.2) is 0 Å². The van der Waals surface area contributed by atoms with Gasteiger partial charge in [-0.25, -0.2) is 0 Å². The van der Waals surface area contributed by atoms with Crippen LogP contribution < -0.4 is 34.4 Å². The average Bonchev–Trinajstić information content (AvgIpc) is 3.23. The van der Waals surface area contributed by atoms with Gasteiger partial charge in [-0.3, -0.25) is 0 Å². The molecule has 4 rings (SSSR count). The van der Waals surface area contributed by atoms with Crippen molar-refractivity contribution in [1.82, 2.24) is 0 Å². The van der Waals surface area contributed by atoms with Gasteiger partial charge in [0.05, 0.1) is 36.6 Å². The standard InChI is InChI=1S/C25H50N6O10/c1-36-21-12(30)6-11(29)15(20-10(28)3-2-9(7-26)37-20)23(21)41-25-19(35)22(13(38-25)4-5-32)40-24-16(31)18(34)17(33)14(8-27)39-24/h9-25,32-35H,2-8,26-31H2,1H3/t9-,10+,11-,12+,13+,14-,15?,16+,17+,18+,19+,20-,21-,22+,23-,24+,25-/m0/s1. The zero-order chi connectivity index (χ0) is 30.0.